The Morgan fingerprint density at radius 1 is 1.17 bits per heavy atom. The maximum atomic E-state index is 13.0. The van der Waals surface area contributed by atoms with Gasteiger partial charge in [-0.25, -0.2) is 4.68 Å². The van der Waals surface area contributed by atoms with Crippen molar-refractivity contribution in [3.8, 4) is 5.69 Å². The molecule has 36 heavy (non-hydrogen) atoms. The number of halogens is 1. The number of allylic oxidation sites excluding steroid dienone is 2. The van der Waals surface area contributed by atoms with Gasteiger partial charge in [0.2, 0.25) is 5.91 Å². The minimum absolute atomic E-state index is 0.0586. The summed E-state index contributed by atoms with van der Waals surface area (Å²) in [6.45, 7) is 4.81. The van der Waals surface area contributed by atoms with Gasteiger partial charge >= 0.3 is 0 Å². The number of rotatable bonds is 6. The van der Waals surface area contributed by atoms with Gasteiger partial charge in [-0.2, -0.15) is 0 Å². The summed E-state index contributed by atoms with van der Waals surface area (Å²) in [5.41, 5.74) is 0.969. The van der Waals surface area contributed by atoms with E-state index in [1.165, 1.54) is 0 Å². The first-order valence-corrected chi connectivity index (χ1v) is 13.5. The van der Waals surface area contributed by atoms with Crippen molar-refractivity contribution < 1.29 is 9.53 Å². The highest BCUT2D eigenvalue weighted by Gasteiger charge is 2.29. The predicted octanol–water partition coefficient (Wildman–Crippen LogP) is 2.49. The predicted molar refractivity (Wildman–Crippen MR) is 145 cm³/mol. The van der Waals surface area contributed by atoms with Crippen LogP contribution in [0, 0.1) is 5.92 Å². The minimum atomic E-state index is -0.0586. The Hall–Kier alpha value is -2.61. The SMILES string of the molecule is CN1CCC(CNC(=O)CC2COCCN2c2nn(-c3ccc(Cl)cc3)c3/c2=C\C=C\CC/C=3)CC1. The molecule has 0 saturated carbocycles. The van der Waals surface area contributed by atoms with Crippen molar-refractivity contribution in [1.29, 1.82) is 0 Å². The Morgan fingerprint density at radius 3 is 2.78 bits per heavy atom. The van der Waals surface area contributed by atoms with Gasteiger partial charge in [-0.05, 0) is 82.1 Å². The molecule has 7 nitrogen and oxygen atoms in total. The Kier molecular flexibility index (Phi) is 8.09. The lowest BCUT2D eigenvalue weighted by molar-refractivity contribution is -0.122. The number of likely N-dealkylation sites (tertiary alicyclic amines) is 1. The molecular weight excluding hydrogens is 474 g/mol. The Bertz CT molecular complexity index is 1200. The molecule has 192 valence electrons. The number of amides is 1. The maximum Gasteiger partial charge on any atom is 0.222 e. The van der Waals surface area contributed by atoms with Crippen molar-refractivity contribution in [2.75, 3.05) is 51.3 Å². The molecule has 1 amide bonds. The van der Waals surface area contributed by atoms with E-state index in [9.17, 15) is 4.79 Å². The zero-order valence-corrected chi connectivity index (χ0v) is 21.8. The van der Waals surface area contributed by atoms with E-state index in [1.807, 2.05) is 28.9 Å². The van der Waals surface area contributed by atoms with Gasteiger partial charge in [0, 0.05) is 29.8 Å². The molecular formula is C28H36ClN5O2. The van der Waals surface area contributed by atoms with Crippen molar-refractivity contribution in [1.82, 2.24) is 20.0 Å². The number of carbonyl (C=O) groups excluding carboxylic acids is 1. The second-order valence-electron chi connectivity index (χ2n) is 10.1. The van der Waals surface area contributed by atoms with Crippen molar-refractivity contribution >= 4 is 35.5 Å². The van der Waals surface area contributed by atoms with E-state index in [-0.39, 0.29) is 11.9 Å². The Balaban J connectivity index is 1.39. The summed E-state index contributed by atoms with van der Waals surface area (Å²) in [7, 11) is 2.16. The summed E-state index contributed by atoms with van der Waals surface area (Å²) in [6.07, 6.45) is 13.3. The molecule has 2 saturated heterocycles. The van der Waals surface area contributed by atoms with Crippen LogP contribution in [0.1, 0.15) is 32.1 Å². The number of aromatic nitrogens is 2. The average Bonchev–Trinajstić information content (AvgIpc) is 3.21. The number of ether oxygens (including phenoxy) is 1. The highest BCUT2D eigenvalue weighted by molar-refractivity contribution is 6.30. The molecule has 1 N–H and O–H groups in total. The Labute approximate surface area is 218 Å². The molecule has 2 aliphatic heterocycles. The van der Waals surface area contributed by atoms with E-state index in [0.29, 0.717) is 37.1 Å². The minimum Gasteiger partial charge on any atom is -0.377 e. The summed E-state index contributed by atoms with van der Waals surface area (Å²) in [5.74, 6) is 1.56. The first kappa shape index (κ1) is 25.1. The van der Waals surface area contributed by atoms with Crippen LogP contribution in [-0.4, -0.2) is 73.1 Å². The first-order valence-electron chi connectivity index (χ1n) is 13.1. The lowest BCUT2D eigenvalue weighted by Gasteiger charge is -2.35. The van der Waals surface area contributed by atoms with Crippen LogP contribution in [-0.2, 0) is 9.53 Å². The van der Waals surface area contributed by atoms with Crippen LogP contribution in [0.5, 0.6) is 0 Å². The van der Waals surface area contributed by atoms with Gasteiger partial charge in [-0.1, -0.05) is 29.8 Å². The second-order valence-corrected chi connectivity index (χ2v) is 10.5. The summed E-state index contributed by atoms with van der Waals surface area (Å²) >= 11 is 6.15. The number of carbonyl (C=O) groups is 1. The third-order valence-corrected chi connectivity index (χ3v) is 7.68. The zero-order chi connectivity index (χ0) is 24.9. The topological polar surface area (TPSA) is 62.6 Å². The lowest BCUT2D eigenvalue weighted by Crippen LogP contribution is -2.50. The smallest absolute Gasteiger partial charge is 0.222 e. The van der Waals surface area contributed by atoms with E-state index in [2.05, 4.69) is 46.5 Å². The second kappa shape index (κ2) is 11.6. The molecule has 8 heteroatoms. The summed E-state index contributed by atoms with van der Waals surface area (Å²) in [5, 5.41) is 11.2. The molecule has 5 rings (SSSR count). The van der Waals surface area contributed by atoms with Gasteiger partial charge in [0.25, 0.3) is 0 Å². The highest BCUT2D eigenvalue weighted by Crippen LogP contribution is 2.19. The van der Waals surface area contributed by atoms with Crippen LogP contribution >= 0.6 is 11.6 Å². The quantitative estimate of drug-likeness (QED) is 0.648. The van der Waals surface area contributed by atoms with Gasteiger partial charge in [-0.15, -0.1) is 5.10 Å². The molecule has 3 aliphatic rings. The van der Waals surface area contributed by atoms with Gasteiger partial charge in [0.05, 0.1) is 30.3 Å². The van der Waals surface area contributed by atoms with Crippen LogP contribution in [0.15, 0.2) is 36.4 Å². The fraction of sp³-hybridized carbons (Fsp3) is 0.500. The highest BCUT2D eigenvalue weighted by atomic mass is 35.5. The standard InChI is InChI=1S/C28H36ClN5O2/c1-32-14-12-21(13-15-32)19-30-27(35)18-24-20-36-17-16-33(24)28-25-6-4-2-3-5-7-26(25)34(31-28)23-10-8-22(29)9-11-23/h2,4,6-11,21,24H,3,5,12-20H2,1H3,(H,30,35)/b4-2+,25-6+,26-7-. The largest absolute Gasteiger partial charge is 0.377 e. The molecule has 3 heterocycles. The number of morpholine rings is 1. The number of nitrogens with one attached hydrogen (secondary N) is 1. The third-order valence-electron chi connectivity index (χ3n) is 7.43. The van der Waals surface area contributed by atoms with Gasteiger partial charge in [0.1, 0.15) is 0 Å². The van der Waals surface area contributed by atoms with Crippen LogP contribution in [0.25, 0.3) is 17.8 Å². The monoisotopic (exact) mass is 509 g/mol. The number of piperidine rings is 1. The number of anilines is 1. The van der Waals surface area contributed by atoms with E-state index >= 15 is 0 Å². The molecule has 1 aromatic carbocycles. The van der Waals surface area contributed by atoms with Crippen molar-refractivity contribution in [3.63, 3.8) is 0 Å². The number of hydrogen-bond acceptors (Lipinski definition) is 5. The molecule has 0 radical (unpaired) electrons. The summed E-state index contributed by atoms with van der Waals surface area (Å²) in [4.78, 5) is 17.6. The third kappa shape index (κ3) is 5.85. The van der Waals surface area contributed by atoms with Crippen LogP contribution < -0.4 is 20.8 Å². The molecule has 1 atom stereocenters. The number of benzene rings is 1. The zero-order valence-electron chi connectivity index (χ0n) is 21.0. The van der Waals surface area contributed by atoms with Crippen molar-refractivity contribution in [2.45, 2.75) is 38.1 Å². The number of fused-ring (bicyclic) bond motifs is 1. The normalized spacial score (nSPS) is 23.9. The fourth-order valence-electron chi connectivity index (χ4n) is 5.27. The Morgan fingerprint density at radius 2 is 1.97 bits per heavy atom. The maximum absolute atomic E-state index is 13.0. The summed E-state index contributed by atoms with van der Waals surface area (Å²) in [6, 6.07) is 7.72. The van der Waals surface area contributed by atoms with Crippen molar-refractivity contribution in [2.24, 2.45) is 5.92 Å². The lowest BCUT2D eigenvalue weighted by atomic mass is 9.97. The molecule has 0 bridgehead atoms. The molecule has 2 fully saturated rings. The van der Waals surface area contributed by atoms with Crippen LogP contribution in [0.3, 0.4) is 0 Å². The first-order chi connectivity index (χ1) is 17.6. The number of hydrogen-bond donors (Lipinski definition) is 1. The van der Waals surface area contributed by atoms with Gasteiger partial charge in [0.15, 0.2) is 5.82 Å². The van der Waals surface area contributed by atoms with E-state index in [0.717, 1.165) is 67.4 Å². The van der Waals surface area contributed by atoms with Crippen LogP contribution in [0.2, 0.25) is 5.02 Å². The van der Waals surface area contributed by atoms with E-state index < -0.39 is 0 Å². The van der Waals surface area contributed by atoms with Gasteiger partial charge in [-0.3, -0.25) is 4.79 Å². The van der Waals surface area contributed by atoms with E-state index in [4.69, 9.17) is 21.4 Å². The molecule has 0 spiro atoms. The fourth-order valence-corrected chi connectivity index (χ4v) is 5.39. The van der Waals surface area contributed by atoms with Gasteiger partial charge < -0.3 is 19.9 Å². The molecule has 1 aliphatic carbocycles. The molecule has 2 aromatic rings. The van der Waals surface area contributed by atoms with Crippen LogP contribution in [0.4, 0.5) is 5.82 Å². The van der Waals surface area contributed by atoms with Crippen molar-refractivity contribution in [3.05, 3.63) is 52.0 Å². The molecule has 1 unspecified atom stereocenters. The number of nitrogens with zero attached hydrogens (tertiary/aromatic N) is 4. The summed E-state index contributed by atoms with van der Waals surface area (Å²) < 4.78 is 7.83. The average molecular weight is 510 g/mol. The molecule has 1 aromatic heterocycles. The van der Waals surface area contributed by atoms with E-state index in [1.54, 1.807) is 0 Å².